The van der Waals surface area contributed by atoms with Crippen LogP contribution in [0.3, 0.4) is 0 Å². The van der Waals surface area contributed by atoms with E-state index >= 15 is 0 Å². The summed E-state index contributed by atoms with van der Waals surface area (Å²) in [5.74, 6) is -0.0609. The number of hydrogen-bond acceptors (Lipinski definition) is 4. The van der Waals surface area contributed by atoms with E-state index in [0.29, 0.717) is 27.3 Å². The Balaban J connectivity index is 2.51. The maximum absolute atomic E-state index is 11.0. The SMILES string of the molecule is CC(Nc1cc(C#N)c2cc(Cl)ccc2n1)C(N)=O. The zero-order chi connectivity index (χ0) is 14.0. The Bertz CT molecular complexity index is 693. The molecule has 19 heavy (non-hydrogen) atoms. The zero-order valence-electron chi connectivity index (χ0n) is 10.1. The number of pyridine rings is 1. The van der Waals surface area contributed by atoms with Crippen molar-refractivity contribution in [2.45, 2.75) is 13.0 Å². The van der Waals surface area contributed by atoms with E-state index in [0.717, 1.165) is 0 Å². The van der Waals surface area contributed by atoms with Crippen molar-refractivity contribution in [3.8, 4) is 6.07 Å². The lowest BCUT2D eigenvalue weighted by atomic mass is 10.1. The Morgan fingerprint density at radius 1 is 1.53 bits per heavy atom. The van der Waals surface area contributed by atoms with Crippen LogP contribution >= 0.6 is 11.6 Å². The summed E-state index contributed by atoms with van der Waals surface area (Å²) in [4.78, 5) is 15.3. The fourth-order valence-electron chi connectivity index (χ4n) is 1.66. The van der Waals surface area contributed by atoms with Crippen molar-refractivity contribution in [2.75, 3.05) is 5.32 Å². The number of primary amides is 1. The monoisotopic (exact) mass is 274 g/mol. The number of aromatic nitrogens is 1. The van der Waals surface area contributed by atoms with Crippen molar-refractivity contribution in [3.63, 3.8) is 0 Å². The molecular weight excluding hydrogens is 264 g/mol. The van der Waals surface area contributed by atoms with Gasteiger partial charge in [0.25, 0.3) is 0 Å². The summed E-state index contributed by atoms with van der Waals surface area (Å²) in [7, 11) is 0. The number of nitrogens with zero attached hydrogens (tertiary/aromatic N) is 2. The predicted molar refractivity (Wildman–Crippen MR) is 73.7 cm³/mol. The maximum Gasteiger partial charge on any atom is 0.239 e. The maximum atomic E-state index is 11.0. The smallest absolute Gasteiger partial charge is 0.239 e. The molecular formula is C13H11ClN4O. The predicted octanol–water partition coefficient (Wildman–Crippen LogP) is 2.05. The highest BCUT2D eigenvalue weighted by Crippen LogP contribution is 2.23. The van der Waals surface area contributed by atoms with Crippen LogP contribution in [0.25, 0.3) is 10.9 Å². The van der Waals surface area contributed by atoms with Gasteiger partial charge in [0.2, 0.25) is 5.91 Å². The van der Waals surface area contributed by atoms with Gasteiger partial charge in [-0.05, 0) is 31.2 Å². The molecule has 0 radical (unpaired) electrons. The molecule has 2 rings (SSSR count). The van der Waals surface area contributed by atoms with E-state index in [4.69, 9.17) is 22.6 Å². The lowest BCUT2D eigenvalue weighted by molar-refractivity contribution is -0.118. The molecule has 0 aliphatic heterocycles. The molecule has 1 amide bonds. The van der Waals surface area contributed by atoms with Gasteiger partial charge in [-0.3, -0.25) is 4.79 Å². The molecule has 1 atom stereocenters. The average Bonchev–Trinajstić information content (AvgIpc) is 2.38. The number of hydrogen-bond donors (Lipinski definition) is 2. The quantitative estimate of drug-likeness (QED) is 0.896. The van der Waals surface area contributed by atoms with Crippen LogP contribution in [0.2, 0.25) is 5.02 Å². The topological polar surface area (TPSA) is 91.8 Å². The minimum absolute atomic E-state index is 0.428. The molecule has 0 saturated carbocycles. The number of halogens is 1. The number of rotatable bonds is 3. The fourth-order valence-corrected chi connectivity index (χ4v) is 1.83. The van der Waals surface area contributed by atoms with E-state index < -0.39 is 11.9 Å². The van der Waals surface area contributed by atoms with Gasteiger partial charge in [-0.2, -0.15) is 5.26 Å². The Kier molecular flexibility index (Phi) is 3.54. The largest absolute Gasteiger partial charge is 0.368 e. The molecule has 6 heteroatoms. The molecule has 1 aromatic heterocycles. The van der Waals surface area contributed by atoms with E-state index in [-0.39, 0.29) is 0 Å². The van der Waals surface area contributed by atoms with Gasteiger partial charge < -0.3 is 11.1 Å². The Morgan fingerprint density at radius 3 is 2.89 bits per heavy atom. The van der Waals surface area contributed by atoms with Crippen LogP contribution < -0.4 is 11.1 Å². The van der Waals surface area contributed by atoms with Crippen molar-refractivity contribution in [1.82, 2.24) is 4.98 Å². The Morgan fingerprint density at radius 2 is 2.26 bits per heavy atom. The highest BCUT2D eigenvalue weighted by atomic mass is 35.5. The van der Waals surface area contributed by atoms with Crippen molar-refractivity contribution >= 4 is 34.2 Å². The molecule has 0 fully saturated rings. The van der Waals surface area contributed by atoms with Gasteiger partial charge in [0, 0.05) is 10.4 Å². The summed E-state index contributed by atoms with van der Waals surface area (Å²) in [5, 5.41) is 13.2. The van der Waals surface area contributed by atoms with E-state index in [2.05, 4.69) is 16.4 Å². The van der Waals surface area contributed by atoms with Crippen LogP contribution in [0.5, 0.6) is 0 Å². The molecule has 1 aromatic carbocycles. The van der Waals surface area contributed by atoms with Crippen LogP contribution in [0.1, 0.15) is 12.5 Å². The van der Waals surface area contributed by atoms with Gasteiger partial charge in [-0.1, -0.05) is 11.6 Å². The third-order valence-electron chi connectivity index (χ3n) is 2.68. The molecule has 3 N–H and O–H groups in total. The molecule has 1 unspecified atom stereocenters. The minimum Gasteiger partial charge on any atom is -0.368 e. The van der Waals surface area contributed by atoms with Gasteiger partial charge in [0.15, 0.2) is 0 Å². The van der Waals surface area contributed by atoms with E-state index in [1.54, 1.807) is 31.2 Å². The van der Waals surface area contributed by atoms with Gasteiger partial charge >= 0.3 is 0 Å². The fraction of sp³-hybridized carbons (Fsp3) is 0.154. The second-order valence-electron chi connectivity index (χ2n) is 4.10. The Hall–Kier alpha value is -2.32. The summed E-state index contributed by atoms with van der Waals surface area (Å²) in [6.45, 7) is 1.63. The van der Waals surface area contributed by atoms with Gasteiger partial charge in [-0.15, -0.1) is 0 Å². The van der Waals surface area contributed by atoms with Crippen LogP contribution in [0, 0.1) is 11.3 Å². The first-order valence-electron chi connectivity index (χ1n) is 5.57. The molecule has 1 heterocycles. The van der Waals surface area contributed by atoms with Crippen molar-refractivity contribution < 1.29 is 4.79 Å². The number of nitrogens with two attached hydrogens (primary N) is 1. The molecule has 96 valence electrons. The average molecular weight is 275 g/mol. The van der Waals surface area contributed by atoms with Crippen molar-refractivity contribution in [2.24, 2.45) is 5.73 Å². The number of anilines is 1. The molecule has 0 spiro atoms. The summed E-state index contributed by atoms with van der Waals surface area (Å²) >= 11 is 5.90. The summed E-state index contributed by atoms with van der Waals surface area (Å²) < 4.78 is 0. The normalized spacial score (nSPS) is 11.8. The van der Waals surface area contributed by atoms with Crippen LogP contribution in [0.15, 0.2) is 24.3 Å². The van der Waals surface area contributed by atoms with Crippen molar-refractivity contribution in [3.05, 3.63) is 34.9 Å². The zero-order valence-corrected chi connectivity index (χ0v) is 10.9. The number of nitriles is 1. The number of carbonyl (C=O) groups excluding carboxylic acids is 1. The summed E-state index contributed by atoms with van der Waals surface area (Å²) in [6.07, 6.45) is 0. The first-order chi connectivity index (χ1) is 9.01. The first kappa shape index (κ1) is 13.1. The van der Waals surface area contributed by atoms with Gasteiger partial charge in [0.05, 0.1) is 17.1 Å². The second-order valence-corrected chi connectivity index (χ2v) is 4.53. The molecule has 0 bridgehead atoms. The number of amides is 1. The lowest BCUT2D eigenvalue weighted by Crippen LogP contribution is -2.32. The van der Waals surface area contributed by atoms with E-state index in [1.165, 1.54) is 0 Å². The highest BCUT2D eigenvalue weighted by Gasteiger charge is 2.11. The summed E-state index contributed by atoms with van der Waals surface area (Å²) in [5.41, 5.74) is 6.24. The van der Waals surface area contributed by atoms with Crippen LogP contribution in [-0.4, -0.2) is 16.9 Å². The van der Waals surface area contributed by atoms with Crippen molar-refractivity contribution in [1.29, 1.82) is 5.26 Å². The molecule has 2 aromatic rings. The number of fused-ring (bicyclic) bond motifs is 1. The van der Waals surface area contributed by atoms with Crippen LogP contribution in [0.4, 0.5) is 5.82 Å². The second kappa shape index (κ2) is 5.12. The standard InChI is InChI=1S/C13H11ClN4O/c1-7(13(16)19)17-12-4-8(6-15)10-5-9(14)2-3-11(10)18-12/h2-5,7H,1H3,(H2,16,19)(H,17,18). The molecule has 5 nitrogen and oxygen atoms in total. The van der Waals surface area contributed by atoms with Gasteiger partial charge in [-0.25, -0.2) is 4.98 Å². The highest BCUT2D eigenvalue weighted by molar-refractivity contribution is 6.31. The first-order valence-corrected chi connectivity index (χ1v) is 5.95. The molecule has 0 aliphatic rings. The number of benzene rings is 1. The lowest BCUT2D eigenvalue weighted by Gasteiger charge is -2.12. The minimum atomic E-state index is -0.566. The van der Waals surface area contributed by atoms with E-state index in [1.807, 2.05) is 0 Å². The van der Waals surface area contributed by atoms with Gasteiger partial charge in [0.1, 0.15) is 11.9 Å². The van der Waals surface area contributed by atoms with E-state index in [9.17, 15) is 4.79 Å². The third-order valence-corrected chi connectivity index (χ3v) is 2.92. The number of carbonyl (C=O) groups is 1. The van der Waals surface area contributed by atoms with Crippen LogP contribution in [-0.2, 0) is 4.79 Å². The third kappa shape index (κ3) is 2.75. The summed E-state index contributed by atoms with van der Waals surface area (Å²) in [6, 6.07) is 8.19. The molecule has 0 saturated heterocycles. The molecule has 0 aliphatic carbocycles. The Labute approximate surface area is 115 Å². The number of nitrogens with one attached hydrogen (secondary N) is 1.